The van der Waals surface area contributed by atoms with Gasteiger partial charge in [0.2, 0.25) is 11.1 Å². The van der Waals surface area contributed by atoms with E-state index in [2.05, 4.69) is 25.7 Å². The van der Waals surface area contributed by atoms with Gasteiger partial charge in [0.05, 0.1) is 11.4 Å². The lowest BCUT2D eigenvalue weighted by atomic mass is 10.1. The largest absolute Gasteiger partial charge is 0.368 e. The first-order valence-corrected chi connectivity index (χ1v) is 13.2. The van der Waals surface area contributed by atoms with Gasteiger partial charge in [-0.25, -0.2) is 4.39 Å². The molecule has 12 heteroatoms. The van der Waals surface area contributed by atoms with Crippen LogP contribution >= 0.6 is 23.4 Å². The Morgan fingerprint density at radius 1 is 0.895 bits per heavy atom. The van der Waals surface area contributed by atoms with Gasteiger partial charge in [-0.15, -0.1) is 5.10 Å². The molecule has 2 amide bonds. The van der Waals surface area contributed by atoms with E-state index in [9.17, 15) is 14.0 Å². The maximum atomic E-state index is 13.1. The number of tetrazole rings is 1. The lowest BCUT2D eigenvalue weighted by molar-refractivity contribution is -0.113. The molecular weight excluding hydrogens is 529 g/mol. The van der Waals surface area contributed by atoms with Gasteiger partial charge in [-0.2, -0.15) is 4.68 Å². The summed E-state index contributed by atoms with van der Waals surface area (Å²) in [6.45, 7) is 2.50. The monoisotopic (exact) mass is 551 g/mol. The van der Waals surface area contributed by atoms with E-state index >= 15 is 0 Å². The fourth-order valence-corrected chi connectivity index (χ4v) is 4.86. The van der Waals surface area contributed by atoms with Crippen LogP contribution in [-0.2, 0) is 4.79 Å². The second-order valence-corrected chi connectivity index (χ2v) is 9.90. The molecule has 1 aliphatic heterocycles. The molecule has 9 nitrogen and oxygen atoms in total. The van der Waals surface area contributed by atoms with Crippen molar-refractivity contribution in [2.24, 2.45) is 0 Å². The van der Waals surface area contributed by atoms with Gasteiger partial charge in [0.25, 0.3) is 5.91 Å². The summed E-state index contributed by atoms with van der Waals surface area (Å²) in [6, 6.07) is 20.3. The Bertz CT molecular complexity index is 1410. The summed E-state index contributed by atoms with van der Waals surface area (Å²) in [5, 5.41) is 15.7. The van der Waals surface area contributed by atoms with Crippen LogP contribution in [0.25, 0.3) is 5.69 Å². The quantitative estimate of drug-likeness (QED) is 0.345. The van der Waals surface area contributed by atoms with Crippen molar-refractivity contribution in [2.45, 2.75) is 5.16 Å². The van der Waals surface area contributed by atoms with Crippen LogP contribution in [0, 0.1) is 5.82 Å². The third-order valence-corrected chi connectivity index (χ3v) is 7.19. The van der Waals surface area contributed by atoms with Crippen LogP contribution in [0.2, 0.25) is 5.02 Å². The fraction of sp³-hybridized carbons (Fsp3) is 0.192. The zero-order valence-corrected chi connectivity index (χ0v) is 21.7. The first kappa shape index (κ1) is 25.7. The normalized spacial score (nSPS) is 13.4. The van der Waals surface area contributed by atoms with Crippen molar-refractivity contribution < 1.29 is 14.0 Å². The highest BCUT2D eigenvalue weighted by Crippen LogP contribution is 2.22. The Morgan fingerprint density at radius 2 is 1.55 bits per heavy atom. The number of nitrogens with zero attached hydrogens (tertiary/aromatic N) is 6. The van der Waals surface area contributed by atoms with Crippen LogP contribution in [0.5, 0.6) is 0 Å². The molecule has 194 valence electrons. The van der Waals surface area contributed by atoms with Gasteiger partial charge in [0, 0.05) is 48.1 Å². The van der Waals surface area contributed by atoms with E-state index in [-0.39, 0.29) is 23.4 Å². The number of rotatable bonds is 7. The van der Waals surface area contributed by atoms with Gasteiger partial charge < -0.3 is 15.1 Å². The van der Waals surface area contributed by atoms with Crippen LogP contribution in [0.15, 0.2) is 78.0 Å². The molecular formula is C26H23ClFN7O2S. The van der Waals surface area contributed by atoms with Crippen LogP contribution < -0.4 is 10.2 Å². The van der Waals surface area contributed by atoms with E-state index in [0.29, 0.717) is 47.6 Å². The number of anilines is 2. The molecule has 0 unspecified atom stereocenters. The number of thioether (sulfide) groups is 1. The first-order chi connectivity index (χ1) is 18.5. The van der Waals surface area contributed by atoms with Crippen molar-refractivity contribution in [1.82, 2.24) is 25.1 Å². The third kappa shape index (κ3) is 6.12. The molecule has 1 N–H and O–H groups in total. The van der Waals surface area contributed by atoms with Gasteiger partial charge in [-0.1, -0.05) is 23.4 Å². The number of piperazine rings is 1. The molecule has 0 atom stereocenters. The van der Waals surface area contributed by atoms with Crippen LogP contribution in [0.1, 0.15) is 10.4 Å². The molecule has 1 saturated heterocycles. The summed E-state index contributed by atoms with van der Waals surface area (Å²) in [5.74, 6) is -0.496. The summed E-state index contributed by atoms with van der Waals surface area (Å²) in [6.07, 6.45) is 0. The Labute approximate surface area is 227 Å². The third-order valence-electron chi connectivity index (χ3n) is 6.02. The average molecular weight is 552 g/mol. The molecule has 0 aliphatic carbocycles. The molecule has 0 saturated carbocycles. The second-order valence-electron chi connectivity index (χ2n) is 8.52. The minimum atomic E-state index is -0.360. The van der Waals surface area contributed by atoms with E-state index in [1.165, 1.54) is 36.0 Å². The molecule has 2 heterocycles. The van der Waals surface area contributed by atoms with E-state index in [4.69, 9.17) is 11.6 Å². The predicted octanol–water partition coefficient (Wildman–Crippen LogP) is 4.15. The smallest absolute Gasteiger partial charge is 0.253 e. The molecule has 1 aromatic heterocycles. The van der Waals surface area contributed by atoms with E-state index in [0.717, 1.165) is 11.4 Å². The van der Waals surface area contributed by atoms with Gasteiger partial charge >= 0.3 is 0 Å². The van der Waals surface area contributed by atoms with Crippen molar-refractivity contribution in [3.8, 4) is 5.69 Å². The topological polar surface area (TPSA) is 96.2 Å². The van der Waals surface area contributed by atoms with Crippen molar-refractivity contribution in [2.75, 3.05) is 42.1 Å². The number of carbonyl (C=O) groups excluding carboxylic acids is 2. The maximum absolute atomic E-state index is 13.1. The van der Waals surface area contributed by atoms with E-state index < -0.39 is 0 Å². The Balaban J connectivity index is 1.11. The van der Waals surface area contributed by atoms with Crippen molar-refractivity contribution in [3.63, 3.8) is 0 Å². The number of benzene rings is 3. The number of amides is 2. The summed E-state index contributed by atoms with van der Waals surface area (Å²) >= 11 is 7.17. The minimum Gasteiger partial charge on any atom is -0.368 e. The summed E-state index contributed by atoms with van der Waals surface area (Å²) in [7, 11) is 0. The molecule has 1 aliphatic rings. The number of halogens is 2. The minimum absolute atomic E-state index is 0.0947. The number of hydrogen-bond acceptors (Lipinski definition) is 7. The summed E-state index contributed by atoms with van der Waals surface area (Å²) < 4.78 is 14.7. The Kier molecular flexibility index (Phi) is 7.85. The lowest BCUT2D eigenvalue weighted by Gasteiger charge is -2.36. The molecule has 0 bridgehead atoms. The summed E-state index contributed by atoms with van der Waals surface area (Å²) in [5.41, 5.74) is 2.92. The van der Waals surface area contributed by atoms with E-state index in [1.807, 2.05) is 24.3 Å². The van der Waals surface area contributed by atoms with Crippen LogP contribution in [-0.4, -0.2) is 68.9 Å². The standard InChI is InChI=1S/C26H23ClFN7O2S/c27-19-3-9-23(10-4-19)35-26(30-31-32-35)38-17-24(36)29-21-7-11-22(12-8-21)33-13-15-34(16-14-33)25(37)18-1-5-20(28)6-2-18/h1-12H,13-17H2,(H,29,36). The number of nitrogens with one attached hydrogen (secondary N) is 1. The SMILES string of the molecule is O=C(CSc1nnnn1-c1ccc(Cl)cc1)Nc1ccc(N2CCN(C(=O)c3ccc(F)cc3)CC2)cc1. The van der Waals surface area contributed by atoms with Crippen molar-refractivity contribution in [3.05, 3.63) is 89.2 Å². The molecule has 1 fully saturated rings. The van der Waals surface area contributed by atoms with Crippen LogP contribution in [0.3, 0.4) is 0 Å². The van der Waals surface area contributed by atoms with Gasteiger partial charge in [-0.05, 0) is 83.2 Å². The zero-order chi connectivity index (χ0) is 26.5. The van der Waals surface area contributed by atoms with Gasteiger partial charge in [-0.3, -0.25) is 9.59 Å². The van der Waals surface area contributed by atoms with Crippen molar-refractivity contribution in [1.29, 1.82) is 0 Å². The fourth-order valence-electron chi connectivity index (χ4n) is 4.04. The number of aromatic nitrogens is 4. The highest BCUT2D eigenvalue weighted by molar-refractivity contribution is 7.99. The average Bonchev–Trinajstić information content (AvgIpc) is 3.42. The first-order valence-electron chi connectivity index (χ1n) is 11.8. The zero-order valence-electron chi connectivity index (χ0n) is 20.1. The Morgan fingerprint density at radius 3 is 2.24 bits per heavy atom. The lowest BCUT2D eigenvalue weighted by Crippen LogP contribution is -2.48. The maximum Gasteiger partial charge on any atom is 0.253 e. The van der Waals surface area contributed by atoms with Gasteiger partial charge in [0.1, 0.15) is 5.82 Å². The van der Waals surface area contributed by atoms with E-state index in [1.54, 1.807) is 33.8 Å². The van der Waals surface area contributed by atoms with Crippen molar-refractivity contribution >= 4 is 46.6 Å². The molecule has 0 radical (unpaired) electrons. The molecule has 38 heavy (non-hydrogen) atoms. The second kappa shape index (κ2) is 11.6. The Hall–Kier alpha value is -3.96. The summed E-state index contributed by atoms with van der Waals surface area (Å²) in [4.78, 5) is 29.1. The molecule has 3 aromatic carbocycles. The number of carbonyl (C=O) groups is 2. The molecule has 4 aromatic rings. The number of hydrogen-bond donors (Lipinski definition) is 1. The highest BCUT2D eigenvalue weighted by Gasteiger charge is 2.22. The van der Waals surface area contributed by atoms with Crippen LogP contribution in [0.4, 0.5) is 15.8 Å². The predicted molar refractivity (Wildman–Crippen MR) is 144 cm³/mol. The highest BCUT2D eigenvalue weighted by atomic mass is 35.5. The van der Waals surface area contributed by atoms with Gasteiger partial charge in [0.15, 0.2) is 0 Å². The molecule has 5 rings (SSSR count). The molecule has 0 spiro atoms.